The molecule has 0 unspecified atom stereocenters. The normalized spacial score (nSPS) is 10.9. The fraction of sp³-hybridized carbons (Fsp3) is 0.105. The zero-order valence-electron chi connectivity index (χ0n) is 14.3. The van der Waals surface area contributed by atoms with Gasteiger partial charge in [0.05, 0.1) is 24.0 Å². The van der Waals surface area contributed by atoms with Crippen molar-refractivity contribution < 1.29 is 9.21 Å². The van der Waals surface area contributed by atoms with Gasteiger partial charge in [0.1, 0.15) is 11.6 Å². The number of hydrogen-bond donors (Lipinski definition) is 1. The van der Waals surface area contributed by atoms with E-state index in [9.17, 15) is 4.79 Å². The largest absolute Gasteiger partial charge is 0.441 e. The minimum atomic E-state index is -0.202. The number of benzene rings is 1. The third-order valence-electron chi connectivity index (χ3n) is 3.95. The van der Waals surface area contributed by atoms with Crippen LogP contribution >= 0.6 is 22.9 Å². The van der Waals surface area contributed by atoms with Crippen molar-refractivity contribution in [2.24, 2.45) is 0 Å². The van der Waals surface area contributed by atoms with Crippen LogP contribution in [-0.2, 0) is 11.2 Å². The SMILES string of the molecule is Cc1oc(-c2ccsc2)nc1CC(=O)Nc1ccnn1-c1cccc(Cl)c1. The van der Waals surface area contributed by atoms with Gasteiger partial charge in [-0.25, -0.2) is 9.67 Å². The van der Waals surface area contributed by atoms with E-state index >= 15 is 0 Å². The molecule has 0 spiro atoms. The maximum absolute atomic E-state index is 12.5. The summed E-state index contributed by atoms with van der Waals surface area (Å²) in [6.07, 6.45) is 1.73. The van der Waals surface area contributed by atoms with Crippen molar-refractivity contribution in [2.75, 3.05) is 5.32 Å². The highest BCUT2D eigenvalue weighted by atomic mass is 35.5. The van der Waals surface area contributed by atoms with Crippen LogP contribution in [-0.4, -0.2) is 20.7 Å². The Kier molecular flexibility index (Phi) is 4.79. The molecule has 8 heteroatoms. The Morgan fingerprint density at radius 1 is 1.33 bits per heavy atom. The second kappa shape index (κ2) is 7.38. The Morgan fingerprint density at radius 3 is 3.00 bits per heavy atom. The number of anilines is 1. The smallest absolute Gasteiger partial charge is 0.231 e. The van der Waals surface area contributed by atoms with E-state index in [1.54, 1.807) is 40.4 Å². The molecule has 1 N–H and O–H groups in total. The van der Waals surface area contributed by atoms with Gasteiger partial charge in [0.2, 0.25) is 11.8 Å². The number of thiophene rings is 1. The summed E-state index contributed by atoms with van der Waals surface area (Å²) in [5.74, 6) is 1.52. The van der Waals surface area contributed by atoms with E-state index in [1.807, 2.05) is 35.9 Å². The van der Waals surface area contributed by atoms with Crippen molar-refractivity contribution >= 4 is 34.7 Å². The molecule has 136 valence electrons. The maximum Gasteiger partial charge on any atom is 0.231 e. The highest BCUT2D eigenvalue weighted by molar-refractivity contribution is 7.08. The van der Waals surface area contributed by atoms with Crippen LogP contribution in [0.1, 0.15) is 11.5 Å². The zero-order chi connectivity index (χ0) is 18.8. The van der Waals surface area contributed by atoms with Gasteiger partial charge < -0.3 is 9.73 Å². The van der Waals surface area contributed by atoms with Crippen LogP contribution in [0.25, 0.3) is 17.1 Å². The first kappa shape index (κ1) is 17.5. The number of rotatable bonds is 5. The van der Waals surface area contributed by atoms with Gasteiger partial charge in [0.15, 0.2) is 0 Å². The molecule has 0 aliphatic carbocycles. The Morgan fingerprint density at radius 2 is 2.22 bits per heavy atom. The Hall–Kier alpha value is -2.90. The van der Waals surface area contributed by atoms with E-state index in [1.165, 1.54) is 0 Å². The van der Waals surface area contributed by atoms with E-state index in [0.29, 0.717) is 28.2 Å². The number of oxazole rings is 1. The third kappa shape index (κ3) is 3.79. The van der Waals surface area contributed by atoms with E-state index in [-0.39, 0.29) is 12.3 Å². The van der Waals surface area contributed by atoms with E-state index in [4.69, 9.17) is 16.0 Å². The Bertz CT molecular complexity index is 1090. The summed E-state index contributed by atoms with van der Waals surface area (Å²) in [7, 11) is 0. The van der Waals surface area contributed by atoms with E-state index < -0.39 is 0 Å². The van der Waals surface area contributed by atoms with E-state index in [2.05, 4.69) is 15.4 Å². The van der Waals surface area contributed by atoms with Crippen LogP contribution in [0.3, 0.4) is 0 Å². The molecule has 0 aliphatic heterocycles. The summed E-state index contributed by atoms with van der Waals surface area (Å²) in [4.78, 5) is 17.0. The average Bonchev–Trinajstić information content (AvgIpc) is 3.37. The number of halogens is 1. The number of carbonyl (C=O) groups is 1. The molecule has 3 aromatic heterocycles. The van der Waals surface area contributed by atoms with Gasteiger partial charge in [0.25, 0.3) is 0 Å². The molecule has 0 saturated heterocycles. The summed E-state index contributed by atoms with van der Waals surface area (Å²) in [5.41, 5.74) is 2.29. The number of aromatic nitrogens is 3. The van der Waals surface area contributed by atoms with Gasteiger partial charge in [-0.05, 0) is 36.6 Å². The number of aryl methyl sites for hydroxylation is 1. The second-order valence-corrected chi connectivity index (χ2v) is 7.08. The molecule has 0 fully saturated rings. The van der Waals surface area contributed by atoms with Crippen LogP contribution in [0.2, 0.25) is 5.02 Å². The topological polar surface area (TPSA) is 73.0 Å². The first-order chi connectivity index (χ1) is 13.1. The number of hydrogen-bond acceptors (Lipinski definition) is 5. The molecule has 4 aromatic rings. The van der Waals surface area contributed by atoms with Crippen LogP contribution in [0, 0.1) is 6.92 Å². The molecule has 6 nitrogen and oxygen atoms in total. The molecule has 1 aromatic carbocycles. The minimum absolute atomic E-state index is 0.111. The standard InChI is InChI=1S/C19H15ClN4O2S/c1-12-16(22-19(26-12)13-6-8-27-11-13)10-18(25)23-17-5-7-21-24(17)15-4-2-3-14(20)9-15/h2-9,11H,10H2,1H3,(H,23,25). The lowest BCUT2D eigenvalue weighted by atomic mass is 10.2. The van der Waals surface area contributed by atoms with Crippen molar-refractivity contribution in [3.8, 4) is 17.1 Å². The summed E-state index contributed by atoms with van der Waals surface area (Å²) < 4.78 is 7.31. The summed E-state index contributed by atoms with van der Waals surface area (Å²) in [6.45, 7) is 1.81. The predicted molar refractivity (Wildman–Crippen MR) is 105 cm³/mol. The second-order valence-electron chi connectivity index (χ2n) is 5.87. The van der Waals surface area contributed by atoms with Crippen LogP contribution in [0.15, 0.2) is 57.8 Å². The predicted octanol–water partition coefficient (Wildman–Crippen LogP) is 4.73. The first-order valence-electron chi connectivity index (χ1n) is 8.19. The van der Waals surface area contributed by atoms with Crippen LogP contribution < -0.4 is 5.32 Å². The van der Waals surface area contributed by atoms with Gasteiger partial charge in [-0.1, -0.05) is 17.7 Å². The van der Waals surface area contributed by atoms with Crippen LogP contribution in [0.4, 0.5) is 5.82 Å². The number of nitrogens with one attached hydrogen (secondary N) is 1. The lowest BCUT2D eigenvalue weighted by molar-refractivity contribution is -0.115. The Labute approximate surface area is 164 Å². The summed E-state index contributed by atoms with van der Waals surface area (Å²) >= 11 is 7.61. The van der Waals surface area contributed by atoms with Gasteiger partial charge in [-0.15, -0.1) is 0 Å². The molecule has 0 atom stereocenters. The molecule has 0 aliphatic rings. The van der Waals surface area contributed by atoms with Crippen molar-refractivity contribution in [2.45, 2.75) is 13.3 Å². The zero-order valence-corrected chi connectivity index (χ0v) is 15.9. The van der Waals surface area contributed by atoms with Gasteiger partial charge in [-0.3, -0.25) is 4.79 Å². The Balaban J connectivity index is 1.51. The minimum Gasteiger partial charge on any atom is -0.441 e. The van der Waals surface area contributed by atoms with Gasteiger partial charge in [-0.2, -0.15) is 16.4 Å². The van der Waals surface area contributed by atoms with Crippen molar-refractivity contribution in [1.29, 1.82) is 0 Å². The molecule has 0 radical (unpaired) electrons. The molecule has 0 bridgehead atoms. The van der Waals surface area contributed by atoms with E-state index in [0.717, 1.165) is 11.3 Å². The van der Waals surface area contributed by atoms with Crippen molar-refractivity contribution in [3.63, 3.8) is 0 Å². The van der Waals surface area contributed by atoms with Crippen LogP contribution in [0.5, 0.6) is 0 Å². The monoisotopic (exact) mass is 398 g/mol. The fourth-order valence-electron chi connectivity index (χ4n) is 2.65. The first-order valence-corrected chi connectivity index (χ1v) is 9.51. The third-order valence-corrected chi connectivity index (χ3v) is 4.87. The summed E-state index contributed by atoms with van der Waals surface area (Å²) in [5, 5.41) is 11.6. The molecular weight excluding hydrogens is 384 g/mol. The lowest BCUT2D eigenvalue weighted by Gasteiger charge is -2.09. The highest BCUT2D eigenvalue weighted by Crippen LogP contribution is 2.24. The molecular formula is C19H15ClN4O2S. The van der Waals surface area contributed by atoms with Gasteiger partial charge >= 0.3 is 0 Å². The maximum atomic E-state index is 12.5. The van der Waals surface area contributed by atoms with Crippen molar-refractivity contribution in [1.82, 2.24) is 14.8 Å². The molecule has 27 heavy (non-hydrogen) atoms. The number of nitrogens with zero attached hydrogens (tertiary/aromatic N) is 3. The number of amides is 1. The molecule has 4 rings (SSSR count). The average molecular weight is 399 g/mol. The number of carbonyl (C=O) groups excluding carboxylic acids is 1. The highest BCUT2D eigenvalue weighted by Gasteiger charge is 2.16. The quantitative estimate of drug-likeness (QED) is 0.527. The molecule has 0 saturated carbocycles. The van der Waals surface area contributed by atoms with Crippen molar-refractivity contribution in [3.05, 3.63) is 69.8 Å². The summed E-state index contributed by atoms with van der Waals surface area (Å²) in [6, 6.07) is 10.9. The van der Waals surface area contributed by atoms with Gasteiger partial charge in [0, 0.05) is 22.0 Å². The molecule has 1 amide bonds. The molecule has 3 heterocycles. The fourth-order valence-corrected chi connectivity index (χ4v) is 3.47. The lowest BCUT2D eigenvalue weighted by Crippen LogP contribution is -2.17.